The maximum absolute atomic E-state index is 11.9. The standard InChI is InChI=1S/C9H6F2N2O3/c10-9(11)16-4-1-2-6-5(3-4)7(8(14)15)13-12-6/h1-3,9H,(H,12,13)(H,14,15). The summed E-state index contributed by atoms with van der Waals surface area (Å²) in [6.07, 6.45) is 0. The van der Waals surface area contributed by atoms with Crippen molar-refractivity contribution >= 4 is 16.9 Å². The second-order valence-electron chi connectivity index (χ2n) is 2.96. The van der Waals surface area contributed by atoms with Crippen LogP contribution in [0.15, 0.2) is 18.2 Å². The van der Waals surface area contributed by atoms with E-state index < -0.39 is 12.6 Å². The fourth-order valence-electron chi connectivity index (χ4n) is 1.33. The number of aromatic amines is 1. The van der Waals surface area contributed by atoms with Crippen LogP contribution in [0.3, 0.4) is 0 Å². The fourth-order valence-corrected chi connectivity index (χ4v) is 1.33. The summed E-state index contributed by atoms with van der Waals surface area (Å²) in [4.78, 5) is 10.7. The largest absolute Gasteiger partial charge is 0.476 e. The Balaban J connectivity index is 2.50. The number of nitrogens with one attached hydrogen (secondary N) is 1. The summed E-state index contributed by atoms with van der Waals surface area (Å²) in [5, 5.41) is 15.0. The first-order valence-electron chi connectivity index (χ1n) is 4.24. The van der Waals surface area contributed by atoms with Crippen molar-refractivity contribution in [3.63, 3.8) is 0 Å². The molecule has 0 amide bonds. The van der Waals surface area contributed by atoms with Crippen molar-refractivity contribution in [2.45, 2.75) is 6.61 Å². The van der Waals surface area contributed by atoms with Crippen molar-refractivity contribution in [3.8, 4) is 5.75 Å². The number of hydrogen-bond donors (Lipinski definition) is 2. The third kappa shape index (κ3) is 1.79. The predicted molar refractivity (Wildman–Crippen MR) is 49.7 cm³/mol. The zero-order chi connectivity index (χ0) is 11.7. The molecule has 0 fully saturated rings. The van der Waals surface area contributed by atoms with Gasteiger partial charge in [-0.25, -0.2) is 4.79 Å². The van der Waals surface area contributed by atoms with E-state index in [0.29, 0.717) is 5.52 Å². The first-order chi connectivity index (χ1) is 7.58. The number of nitrogens with zero attached hydrogens (tertiary/aromatic N) is 1. The fraction of sp³-hybridized carbons (Fsp3) is 0.111. The minimum atomic E-state index is -2.95. The minimum Gasteiger partial charge on any atom is -0.476 e. The molecule has 2 rings (SSSR count). The molecule has 1 aromatic heterocycles. The Bertz CT molecular complexity index is 539. The number of alkyl halides is 2. The number of carboxylic acids is 1. The lowest BCUT2D eigenvalue weighted by Gasteiger charge is -2.03. The van der Waals surface area contributed by atoms with Crippen LogP contribution in [0.25, 0.3) is 10.9 Å². The zero-order valence-electron chi connectivity index (χ0n) is 7.78. The quantitative estimate of drug-likeness (QED) is 0.840. The Morgan fingerprint density at radius 2 is 2.25 bits per heavy atom. The van der Waals surface area contributed by atoms with Crippen LogP contribution in [0.4, 0.5) is 8.78 Å². The number of halogens is 2. The van der Waals surface area contributed by atoms with Crippen LogP contribution in [0.2, 0.25) is 0 Å². The van der Waals surface area contributed by atoms with Gasteiger partial charge in [-0.2, -0.15) is 13.9 Å². The van der Waals surface area contributed by atoms with E-state index in [1.54, 1.807) is 0 Å². The Kier molecular flexibility index (Phi) is 2.43. The lowest BCUT2D eigenvalue weighted by atomic mass is 10.2. The van der Waals surface area contributed by atoms with Gasteiger partial charge in [0.15, 0.2) is 5.69 Å². The number of carbonyl (C=O) groups is 1. The maximum Gasteiger partial charge on any atom is 0.387 e. The smallest absolute Gasteiger partial charge is 0.387 e. The summed E-state index contributed by atoms with van der Waals surface area (Å²) < 4.78 is 28.0. The molecule has 84 valence electrons. The van der Waals surface area contributed by atoms with Crippen molar-refractivity contribution in [2.24, 2.45) is 0 Å². The molecule has 16 heavy (non-hydrogen) atoms. The third-order valence-electron chi connectivity index (χ3n) is 1.96. The van der Waals surface area contributed by atoms with Gasteiger partial charge in [0.25, 0.3) is 0 Å². The molecule has 0 radical (unpaired) electrons. The zero-order valence-corrected chi connectivity index (χ0v) is 7.78. The van der Waals surface area contributed by atoms with Crippen LogP contribution in [0.5, 0.6) is 5.75 Å². The van der Waals surface area contributed by atoms with Crippen LogP contribution in [-0.4, -0.2) is 27.9 Å². The van der Waals surface area contributed by atoms with Gasteiger partial charge >= 0.3 is 12.6 Å². The highest BCUT2D eigenvalue weighted by Gasteiger charge is 2.14. The summed E-state index contributed by atoms with van der Waals surface area (Å²) in [5.74, 6) is -1.34. The van der Waals surface area contributed by atoms with Gasteiger partial charge in [-0.1, -0.05) is 0 Å². The van der Waals surface area contributed by atoms with Crippen molar-refractivity contribution in [1.82, 2.24) is 10.2 Å². The highest BCUT2D eigenvalue weighted by molar-refractivity contribution is 6.01. The van der Waals surface area contributed by atoms with Crippen molar-refractivity contribution in [1.29, 1.82) is 0 Å². The van der Waals surface area contributed by atoms with Crippen LogP contribution in [0, 0.1) is 0 Å². The molecular formula is C9H6F2N2O3. The number of aromatic carboxylic acids is 1. The molecule has 2 aromatic rings. The molecule has 2 N–H and O–H groups in total. The molecule has 0 unspecified atom stereocenters. The first kappa shape index (κ1) is 10.3. The van der Waals surface area contributed by atoms with E-state index in [-0.39, 0.29) is 16.8 Å². The van der Waals surface area contributed by atoms with Crippen molar-refractivity contribution < 1.29 is 23.4 Å². The number of fused-ring (bicyclic) bond motifs is 1. The van der Waals surface area contributed by atoms with Gasteiger partial charge in [-0.3, -0.25) is 5.10 Å². The predicted octanol–water partition coefficient (Wildman–Crippen LogP) is 1.86. The number of H-pyrrole nitrogens is 1. The molecule has 0 aliphatic carbocycles. The Morgan fingerprint density at radius 3 is 2.88 bits per heavy atom. The number of benzene rings is 1. The summed E-state index contributed by atoms with van der Waals surface area (Å²) in [5.41, 5.74) is 0.216. The molecule has 1 heterocycles. The third-order valence-corrected chi connectivity index (χ3v) is 1.96. The van der Waals surface area contributed by atoms with E-state index in [1.165, 1.54) is 18.2 Å². The number of carboxylic acid groups (broad SMARTS) is 1. The maximum atomic E-state index is 11.9. The average Bonchev–Trinajstić information content (AvgIpc) is 2.59. The second-order valence-corrected chi connectivity index (χ2v) is 2.96. The molecule has 0 atom stereocenters. The van der Waals surface area contributed by atoms with E-state index in [9.17, 15) is 13.6 Å². The van der Waals surface area contributed by atoms with Crippen LogP contribution < -0.4 is 4.74 Å². The lowest BCUT2D eigenvalue weighted by Crippen LogP contribution is -2.02. The van der Waals surface area contributed by atoms with E-state index in [0.717, 1.165) is 0 Å². The van der Waals surface area contributed by atoms with Crippen molar-refractivity contribution in [2.75, 3.05) is 0 Å². The number of ether oxygens (including phenoxy) is 1. The molecule has 0 saturated carbocycles. The number of hydrogen-bond acceptors (Lipinski definition) is 3. The van der Waals surface area contributed by atoms with E-state index in [2.05, 4.69) is 14.9 Å². The molecule has 7 heteroatoms. The van der Waals surface area contributed by atoms with Crippen LogP contribution in [-0.2, 0) is 0 Å². The highest BCUT2D eigenvalue weighted by Crippen LogP contribution is 2.23. The number of aromatic nitrogens is 2. The minimum absolute atomic E-state index is 0.105. The molecule has 5 nitrogen and oxygen atoms in total. The second kappa shape index (κ2) is 3.76. The van der Waals surface area contributed by atoms with E-state index in [1.807, 2.05) is 0 Å². The van der Waals surface area contributed by atoms with Crippen LogP contribution >= 0.6 is 0 Å². The summed E-state index contributed by atoms with van der Waals surface area (Å²) >= 11 is 0. The lowest BCUT2D eigenvalue weighted by molar-refractivity contribution is -0.0497. The van der Waals surface area contributed by atoms with Gasteiger partial charge in [-0.05, 0) is 18.2 Å². The first-order valence-corrected chi connectivity index (χ1v) is 4.24. The van der Waals surface area contributed by atoms with Gasteiger partial charge in [0.05, 0.1) is 5.52 Å². The molecule has 0 saturated heterocycles. The number of rotatable bonds is 3. The van der Waals surface area contributed by atoms with Gasteiger partial charge in [0.2, 0.25) is 0 Å². The molecule has 1 aromatic carbocycles. The van der Waals surface area contributed by atoms with E-state index >= 15 is 0 Å². The molecule has 0 spiro atoms. The summed E-state index contributed by atoms with van der Waals surface area (Å²) in [7, 11) is 0. The normalized spacial score (nSPS) is 10.9. The Hall–Kier alpha value is -2.18. The van der Waals surface area contributed by atoms with Gasteiger partial charge < -0.3 is 9.84 Å². The highest BCUT2D eigenvalue weighted by atomic mass is 19.3. The van der Waals surface area contributed by atoms with Gasteiger partial charge in [-0.15, -0.1) is 0 Å². The van der Waals surface area contributed by atoms with Gasteiger partial charge in [0, 0.05) is 5.39 Å². The molecule has 0 bridgehead atoms. The van der Waals surface area contributed by atoms with Gasteiger partial charge in [0.1, 0.15) is 5.75 Å². The molecule has 0 aliphatic rings. The van der Waals surface area contributed by atoms with Crippen LogP contribution in [0.1, 0.15) is 10.5 Å². The van der Waals surface area contributed by atoms with E-state index in [4.69, 9.17) is 5.11 Å². The Morgan fingerprint density at radius 1 is 1.50 bits per heavy atom. The molecule has 0 aliphatic heterocycles. The summed E-state index contributed by atoms with van der Waals surface area (Å²) in [6.45, 7) is -2.95. The Labute approximate surface area is 87.6 Å². The molecular weight excluding hydrogens is 222 g/mol. The monoisotopic (exact) mass is 228 g/mol. The van der Waals surface area contributed by atoms with Crippen molar-refractivity contribution in [3.05, 3.63) is 23.9 Å². The summed E-state index contributed by atoms with van der Waals surface area (Å²) in [6, 6.07) is 3.93. The topological polar surface area (TPSA) is 75.2 Å². The SMILES string of the molecule is O=C(O)c1n[nH]c2ccc(OC(F)F)cc12. The average molecular weight is 228 g/mol.